The molecule has 0 saturated carbocycles. The van der Waals surface area contributed by atoms with Crippen molar-refractivity contribution in [2.75, 3.05) is 11.9 Å². The summed E-state index contributed by atoms with van der Waals surface area (Å²) in [5.74, 6) is 0. The maximum absolute atomic E-state index is 2.42. The molecule has 1 aliphatic carbocycles. The minimum Gasteiger partial charge on any atom is -0.344 e. The van der Waals surface area contributed by atoms with Gasteiger partial charge in [0.05, 0.1) is 16.7 Å². The molecule has 0 spiro atoms. The van der Waals surface area contributed by atoms with Crippen LogP contribution in [-0.4, -0.2) is 11.6 Å². The first-order valence-electron chi connectivity index (χ1n) is 14.0. The minimum absolute atomic E-state index is 0.0226. The molecule has 0 amide bonds. The van der Waals surface area contributed by atoms with E-state index in [0.717, 1.165) is 0 Å². The summed E-state index contributed by atoms with van der Waals surface area (Å²) in [6.45, 7) is 4.69. The van der Waals surface area contributed by atoms with Gasteiger partial charge in [-0.05, 0) is 58.7 Å². The molecular formula is C38H30N2. The third-order valence-electron chi connectivity index (χ3n) is 9.01. The lowest BCUT2D eigenvalue weighted by Gasteiger charge is -2.26. The van der Waals surface area contributed by atoms with Crippen LogP contribution in [0.15, 0.2) is 127 Å². The van der Waals surface area contributed by atoms with Gasteiger partial charge in [-0.25, -0.2) is 0 Å². The molecule has 0 aliphatic heterocycles. The van der Waals surface area contributed by atoms with Gasteiger partial charge in [0, 0.05) is 45.4 Å². The molecule has 6 aromatic carbocycles. The third kappa shape index (κ3) is 3.11. The summed E-state index contributed by atoms with van der Waals surface area (Å²) >= 11 is 0. The molecule has 1 aliphatic rings. The summed E-state index contributed by atoms with van der Waals surface area (Å²) in [6, 6.07) is 46.7. The third-order valence-corrected chi connectivity index (χ3v) is 9.01. The molecule has 0 fully saturated rings. The normalized spacial score (nSPS) is 13.6. The lowest BCUT2D eigenvalue weighted by atomic mass is 9.82. The minimum atomic E-state index is -0.0226. The van der Waals surface area contributed by atoms with E-state index in [0.29, 0.717) is 0 Å². The van der Waals surface area contributed by atoms with Gasteiger partial charge in [0.25, 0.3) is 0 Å². The topological polar surface area (TPSA) is 8.17 Å². The molecule has 0 bridgehead atoms. The van der Waals surface area contributed by atoms with Gasteiger partial charge in [-0.2, -0.15) is 0 Å². The molecule has 0 saturated heterocycles. The summed E-state index contributed by atoms with van der Waals surface area (Å²) in [4.78, 5) is 2.34. The number of para-hydroxylation sites is 2. The average molecular weight is 515 g/mol. The van der Waals surface area contributed by atoms with Crippen molar-refractivity contribution in [2.24, 2.45) is 0 Å². The van der Waals surface area contributed by atoms with Crippen LogP contribution >= 0.6 is 0 Å². The molecule has 7 aromatic rings. The number of hydrogen-bond donors (Lipinski definition) is 0. The first kappa shape index (κ1) is 23.1. The molecule has 1 aromatic heterocycles. The van der Waals surface area contributed by atoms with Crippen LogP contribution in [0.3, 0.4) is 0 Å². The number of nitrogens with zero attached hydrogens (tertiary/aromatic N) is 2. The van der Waals surface area contributed by atoms with Gasteiger partial charge in [-0.1, -0.05) is 105 Å². The summed E-state index contributed by atoms with van der Waals surface area (Å²) in [7, 11) is 2.19. The highest BCUT2D eigenvalue weighted by atomic mass is 15.1. The number of anilines is 2. The molecule has 2 heteroatoms. The zero-order valence-electron chi connectivity index (χ0n) is 23.0. The molecule has 0 N–H and O–H groups in total. The van der Waals surface area contributed by atoms with E-state index in [2.05, 4.69) is 158 Å². The number of aromatic nitrogens is 1. The smallest absolute Gasteiger partial charge is 0.0541 e. The predicted molar refractivity (Wildman–Crippen MR) is 170 cm³/mol. The summed E-state index contributed by atoms with van der Waals surface area (Å²) in [6.07, 6.45) is 0. The second-order valence-electron chi connectivity index (χ2n) is 11.5. The quantitative estimate of drug-likeness (QED) is 0.228. The number of rotatable bonds is 3. The van der Waals surface area contributed by atoms with E-state index in [4.69, 9.17) is 0 Å². The van der Waals surface area contributed by atoms with Gasteiger partial charge in [0.2, 0.25) is 0 Å². The van der Waals surface area contributed by atoms with Crippen molar-refractivity contribution in [1.82, 2.24) is 4.57 Å². The Balaban J connectivity index is 1.30. The van der Waals surface area contributed by atoms with Crippen LogP contribution in [0, 0.1) is 0 Å². The molecule has 0 atom stereocenters. The van der Waals surface area contributed by atoms with Gasteiger partial charge >= 0.3 is 0 Å². The van der Waals surface area contributed by atoms with Crippen LogP contribution in [-0.2, 0) is 5.41 Å². The zero-order chi connectivity index (χ0) is 27.0. The van der Waals surface area contributed by atoms with Crippen LogP contribution in [0.5, 0.6) is 0 Å². The molecule has 0 unspecified atom stereocenters. The number of benzene rings is 6. The van der Waals surface area contributed by atoms with E-state index >= 15 is 0 Å². The standard InChI is InChI=1S/C38H30N2/c1-38(2)32-17-7-4-12-26(32)27-23-22-25(24-33(27)38)39(3)34-20-10-16-31-28(34)15-11-21-37(31)40-35-18-8-5-13-29(35)30-14-6-9-19-36(30)40/h4-24H,1-3H3. The SMILES string of the molecule is CN(c1ccc2c(c1)C(C)(C)c1ccccc1-2)c1cccc2c(-n3c4ccccc4c4ccccc43)cccc12. The van der Waals surface area contributed by atoms with Crippen molar-refractivity contribution in [2.45, 2.75) is 19.3 Å². The lowest BCUT2D eigenvalue weighted by molar-refractivity contribution is 0.660. The van der Waals surface area contributed by atoms with Gasteiger partial charge in [0.1, 0.15) is 0 Å². The average Bonchev–Trinajstić information content (AvgIpc) is 3.45. The Morgan fingerprint density at radius 3 is 1.90 bits per heavy atom. The molecule has 1 heterocycles. The van der Waals surface area contributed by atoms with E-state index in [1.165, 1.54) is 71.9 Å². The van der Waals surface area contributed by atoms with Crippen molar-refractivity contribution in [3.63, 3.8) is 0 Å². The Labute approximate surface area is 234 Å². The van der Waals surface area contributed by atoms with Crippen molar-refractivity contribution < 1.29 is 0 Å². The molecule has 8 rings (SSSR count). The van der Waals surface area contributed by atoms with Gasteiger partial charge in [-0.3, -0.25) is 0 Å². The Morgan fingerprint density at radius 1 is 0.525 bits per heavy atom. The van der Waals surface area contributed by atoms with Crippen molar-refractivity contribution in [3.05, 3.63) is 139 Å². The second-order valence-corrected chi connectivity index (χ2v) is 11.5. The van der Waals surface area contributed by atoms with Crippen LogP contribution in [0.4, 0.5) is 11.4 Å². The second kappa shape index (κ2) is 8.34. The van der Waals surface area contributed by atoms with Crippen LogP contribution in [0.2, 0.25) is 0 Å². The summed E-state index contributed by atoms with van der Waals surface area (Å²) in [5, 5.41) is 5.05. The molecular weight excluding hydrogens is 484 g/mol. The van der Waals surface area contributed by atoms with E-state index in [1.54, 1.807) is 0 Å². The Hall–Kier alpha value is -4.82. The number of fused-ring (bicyclic) bond motifs is 7. The monoisotopic (exact) mass is 514 g/mol. The number of hydrogen-bond acceptors (Lipinski definition) is 1. The summed E-state index contributed by atoms with van der Waals surface area (Å²) < 4.78 is 2.42. The van der Waals surface area contributed by atoms with E-state index in [1.807, 2.05) is 0 Å². The zero-order valence-corrected chi connectivity index (χ0v) is 23.0. The first-order valence-corrected chi connectivity index (χ1v) is 14.0. The Kier molecular flexibility index (Phi) is 4.82. The first-order chi connectivity index (χ1) is 19.5. The Morgan fingerprint density at radius 2 is 1.12 bits per heavy atom. The fourth-order valence-electron chi connectivity index (χ4n) is 6.99. The maximum atomic E-state index is 2.42. The van der Waals surface area contributed by atoms with E-state index in [9.17, 15) is 0 Å². The van der Waals surface area contributed by atoms with Gasteiger partial charge in [0.15, 0.2) is 0 Å². The highest BCUT2D eigenvalue weighted by Gasteiger charge is 2.35. The van der Waals surface area contributed by atoms with Crippen molar-refractivity contribution in [1.29, 1.82) is 0 Å². The predicted octanol–water partition coefficient (Wildman–Crippen LogP) is 10.0. The van der Waals surface area contributed by atoms with Gasteiger partial charge < -0.3 is 9.47 Å². The molecule has 40 heavy (non-hydrogen) atoms. The van der Waals surface area contributed by atoms with Crippen LogP contribution in [0.1, 0.15) is 25.0 Å². The highest BCUT2D eigenvalue weighted by molar-refractivity contribution is 6.11. The van der Waals surface area contributed by atoms with Crippen molar-refractivity contribution >= 4 is 44.0 Å². The van der Waals surface area contributed by atoms with E-state index < -0.39 is 0 Å². The lowest BCUT2D eigenvalue weighted by Crippen LogP contribution is -2.16. The van der Waals surface area contributed by atoms with Crippen LogP contribution in [0.25, 0.3) is 49.4 Å². The Bertz CT molecular complexity index is 2060. The fourth-order valence-corrected chi connectivity index (χ4v) is 6.99. The van der Waals surface area contributed by atoms with Gasteiger partial charge in [-0.15, -0.1) is 0 Å². The van der Waals surface area contributed by atoms with Crippen molar-refractivity contribution in [3.8, 4) is 16.8 Å². The van der Waals surface area contributed by atoms with E-state index in [-0.39, 0.29) is 5.41 Å². The summed E-state index contributed by atoms with van der Waals surface area (Å²) in [5.41, 5.74) is 11.6. The maximum Gasteiger partial charge on any atom is 0.0541 e. The fraction of sp³-hybridized carbons (Fsp3) is 0.105. The molecule has 192 valence electrons. The molecule has 2 nitrogen and oxygen atoms in total. The molecule has 0 radical (unpaired) electrons. The largest absolute Gasteiger partial charge is 0.344 e. The highest BCUT2D eigenvalue weighted by Crippen LogP contribution is 2.50. The van der Waals surface area contributed by atoms with Crippen LogP contribution < -0.4 is 4.90 Å².